The average molecular weight is 647 g/mol. The zero-order chi connectivity index (χ0) is 34.3. The summed E-state index contributed by atoms with van der Waals surface area (Å²) in [6.07, 6.45) is -18.8. The number of rotatable bonds is 8. The monoisotopic (exact) mass is 646 g/mol. The zero-order valence-electron chi connectivity index (χ0n) is 23.4. The lowest BCUT2D eigenvalue weighted by atomic mass is 10.1. The van der Waals surface area contributed by atoms with Crippen molar-refractivity contribution in [3.05, 3.63) is 70.8 Å². The predicted octanol–water partition coefficient (Wildman–Crippen LogP) is 9.12. The molecule has 44 heavy (non-hydrogen) atoms. The first-order chi connectivity index (χ1) is 19.9. The highest BCUT2D eigenvalue weighted by Gasteiger charge is 2.37. The Morgan fingerprint density at radius 1 is 0.705 bits per heavy atom. The summed E-state index contributed by atoms with van der Waals surface area (Å²) < 4.78 is 153. The number of hydrogen-bond donors (Lipinski definition) is 0. The summed E-state index contributed by atoms with van der Waals surface area (Å²) in [6, 6.07) is 7.82. The third kappa shape index (κ3) is 12.7. The van der Waals surface area contributed by atoms with Gasteiger partial charge in [-0.1, -0.05) is 26.0 Å². The molecule has 0 aliphatic heterocycles. The fourth-order valence-electron chi connectivity index (χ4n) is 3.82. The van der Waals surface area contributed by atoms with Gasteiger partial charge < -0.3 is 9.80 Å². The Kier molecular flexibility index (Phi) is 12.6. The predicted molar refractivity (Wildman–Crippen MR) is 139 cm³/mol. The molecule has 242 valence electrons. The first-order valence-corrected chi connectivity index (χ1v) is 12.4. The van der Waals surface area contributed by atoms with Crippen LogP contribution in [0.4, 0.5) is 64.1 Å². The number of nitrogens with zero attached hydrogens (tertiary/aromatic N) is 4. The van der Waals surface area contributed by atoms with Crippen molar-refractivity contribution in [3.63, 3.8) is 0 Å². The summed E-state index contributed by atoms with van der Waals surface area (Å²) in [5.74, 6) is -0.174. The van der Waals surface area contributed by atoms with Gasteiger partial charge in [-0.25, -0.2) is 0 Å². The molecule has 0 unspecified atom stereocenters. The van der Waals surface area contributed by atoms with Crippen LogP contribution in [0.5, 0.6) is 0 Å². The van der Waals surface area contributed by atoms with Crippen LogP contribution < -0.4 is 9.80 Å². The van der Waals surface area contributed by atoms with Gasteiger partial charge in [0.2, 0.25) is 0 Å². The Bertz CT molecular complexity index is 1360. The highest BCUT2D eigenvalue weighted by atomic mass is 19.4. The molecular formula is C28H26F12N4. The van der Waals surface area contributed by atoms with Crippen LogP contribution in [-0.2, 0) is 12.4 Å². The van der Waals surface area contributed by atoms with Gasteiger partial charge in [0, 0.05) is 24.5 Å². The number of anilines is 2. The Hall–Kier alpha value is -4.08. The summed E-state index contributed by atoms with van der Waals surface area (Å²) in [5, 5.41) is 17.4. The molecule has 0 aliphatic rings. The quantitative estimate of drug-likeness (QED) is 0.212. The second-order valence-corrected chi connectivity index (χ2v) is 10.00. The van der Waals surface area contributed by atoms with Crippen molar-refractivity contribution in [2.45, 2.75) is 45.5 Å². The molecular weight excluding hydrogens is 620 g/mol. The van der Waals surface area contributed by atoms with Crippen molar-refractivity contribution in [3.8, 4) is 12.1 Å². The normalized spacial score (nSPS) is 12.1. The van der Waals surface area contributed by atoms with Crippen LogP contribution in [0.3, 0.4) is 0 Å². The molecule has 2 aromatic rings. The third-order valence-corrected chi connectivity index (χ3v) is 5.37. The molecule has 16 heteroatoms. The molecule has 0 saturated heterocycles. The van der Waals surface area contributed by atoms with Crippen molar-refractivity contribution in [2.24, 2.45) is 5.92 Å². The maximum Gasteiger partial charge on any atom is 0.417 e. The van der Waals surface area contributed by atoms with Crippen molar-refractivity contribution in [1.29, 1.82) is 10.5 Å². The summed E-state index contributed by atoms with van der Waals surface area (Å²) in [4.78, 5) is 1.57. The molecule has 0 aliphatic carbocycles. The molecule has 0 radical (unpaired) electrons. The Balaban J connectivity index is 0.000000440. The number of halogens is 12. The molecule has 2 rings (SSSR count). The van der Waals surface area contributed by atoms with Crippen LogP contribution >= 0.6 is 0 Å². The number of alkyl halides is 12. The summed E-state index contributed by atoms with van der Waals surface area (Å²) >= 11 is 0. The maximum absolute atomic E-state index is 12.9. The first-order valence-electron chi connectivity index (χ1n) is 12.4. The topological polar surface area (TPSA) is 54.1 Å². The van der Waals surface area contributed by atoms with Gasteiger partial charge in [-0.3, -0.25) is 0 Å². The Labute approximate surface area is 245 Å². The van der Waals surface area contributed by atoms with Crippen molar-refractivity contribution in [2.75, 3.05) is 36.0 Å². The van der Waals surface area contributed by atoms with Crippen LogP contribution in [0, 0.1) is 28.6 Å². The van der Waals surface area contributed by atoms with Gasteiger partial charge in [0.15, 0.2) is 0 Å². The summed E-state index contributed by atoms with van der Waals surface area (Å²) in [5.41, 5.74) is -3.87. The standard InChI is InChI=1S/C14H14F6N2.C14H12F6N2/c2*1-9(2)7-22(8-13(15,16)17)11-4-3-10(6-21)12(5-11)14(18,19)20/h3-5,9H,7-8H2,1-2H3;3-5H,1,7-8H2,2H3. The van der Waals surface area contributed by atoms with E-state index in [1.165, 1.54) is 19.1 Å². The van der Waals surface area contributed by atoms with E-state index in [9.17, 15) is 52.7 Å². The van der Waals surface area contributed by atoms with Gasteiger partial charge in [-0.2, -0.15) is 63.2 Å². The van der Waals surface area contributed by atoms with E-state index in [-0.39, 0.29) is 30.4 Å². The van der Waals surface area contributed by atoms with Crippen LogP contribution in [-0.4, -0.2) is 38.5 Å². The number of hydrogen-bond acceptors (Lipinski definition) is 4. The van der Waals surface area contributed by atoms with Gasteiger partial charge in [0.1, 0.15) is 13.1 Å². The largest absolute Gasteiger partial charge is 0.417 e. The Morgan fingerprint density at radius 3 is 1.36 bits per heavy atom. The van der Waals surface area contributed by atoms with Gasteiger partial charge >= 0.3 is 24.7 Å². The molecule has 2 aromatic carbocycles. The smallest absolute Gasteiger partial charge is 0.362 e. The lowest BCUT2D eigenvalue weighted by Gasteiger charge is -2.28. The molecule has 0 amide bonds. The highest BCUT2D eigenvalue weighted by Crippen LogP contribution is 2.36. The average Bonchev–Trinajstić information content (AvgIpc) is 2.84. The molecule has 4 nitrogen and oxygen atoms in total. The minimum atomic E-state index is -4.83. The molecule has 0 atom stereocenters. The van der Waals surface area contributed by atoms with Gasteiger partial charge in [0.05, 0.1) is 34.4 Å². The molecule has 0 aromatic heterocycles. The number of benzene rings is 2. The van der Waals surface area contributed by atoms with Crippen LogP contribution in [0.2, 0.25) is 0 Å². The second kappa shape index (κ2) is 14.6. The number of nitriles is 2. The van der Waals surface area contributed by atoms with E-state index in [0.717, 1.165) is 34.1 Å². The molecule has 0 N–H and O–H groups in total. The summed E-state index contributed by atoms with van der Waals surface area (Å²) in [6.45, 7) is 5.20. The SMILES string of the molecule is C=C(C)CN(CC(F)(F)F)c1ccc(C#N)c(C(F)(F)F)c1.CC(C)CN(CC(F)(F)F)c1ccc(C#N)c(C(F)(F)F)c1. The zero-order valence-corrected chi connectivity index (χ0v) is 23.4. The fourth-order valence-corrected chi connectivity index (χ4v) is 3.82. The maximum atomic E-state index is 12.9. The van der Waals surface area contributed by atoms with Crippen LogP contribution in [0.1, 0.15) is 43.0 Å². The van der Waals surface area contributed by atoms with Crippen molar-refractivity contribution < 1.29 is 52.7 Å². The van der Waals surface area contributed by atoms with Crippen LogP contribution in [0.15, 0.2) is 48.6 Å². The fraction of sp³-hybridized carbons (Fsp3) is 0.429. The molecule has 0 bridgehead atoms. The lowest BCUT2D eigenvalue weighted by molar-refractivity contribution is -0.138. The van der Waals surface area contributed by atoms with Gasteiger partial charge in [-0.15, -0.1) is 0 Å². The molecule has 0 fully saturated rings. The minimum Gasteiger partial charge on any atom is -0.362 e. The van der Waals surface area contributed by atoms with E-state index in [2.05, 4.69) is 6.58 Å². The summed E-state index contributed by atoms with van der Waals surface area (Å²) in [7, 11) is 0. The van der Waals surface area contributed by atoms with E-state index in [4.69, 9.17) is 10.5 Å². The van der Waals surface area contributed by atoms with Crippen molar-refractivity contribution in [1.82, 2.24) is 0 Å². The van der Waals surface area contributed by atoms with Gasteiger partial charge in [0.25, 0.3) is 0 Å². The minimum absolute atomic E-state index is 0.0529. The van der Waals surface area contributed by atoms with Gasteiger partial charge in [-0.05, 0) is 49.2 Å². The second-order valence-electron chi connectivity index (χ2n) is 10.00. The lowest BCUT2D eigenvalue weighted by Crippen LogP contribution is -2.37. The molecule has 0 heterocycles. The van der Waals surface area contributed by atoms with Crippen LogP contribution in [0.25, 0.3) is 0 Å². The van der Waals surface area contributed by atoms with E-state index in [0.29, 0.717) is 17.7 Å². The van der Waals surface area contributed by atoms with Crippen molar-refractivity contribution >= 4 is 11.4 Å². The highest BCUT2D eigenvalue weighted by molar-refractivity contribution is 5.56. The van der Waals surface area contributed by atoms with E-state index >= 15 is 0 Å². The molecule has 0 spiro atoms. The third-order valence-electron chi connectivity index (χ3n) is 5.37. The Morgan fingerprint density at radius 2 is 1.07 bits per heavy atom. The molecule has 0 saturated carbocycles. The van der Waals surface area contributed by atoms with E-state index < -0.39 is 60.0 Å². The first kappa shape index (κ1) is 37.9. The van der Waals surface area contributed by atoms with E-state index in [1.807, 2.05) is 0 Å². The van der Waals surface area contributed by atoms with E-state index in [1.54, 1.807) is 13.8 Å².